The van der Waals surface area contributed by atoms with Crippen molar-refractivity contribution in [1.82, 2.24) is 9.88 Å². The summed E-state index contributed by atoms with van der Waals surface area (Å²) in [5, 5.41) is 0. The molecule has 1 saturated heterocycles. The van der Waals surface area contributed by atoms with Gasteiger partial charge in [-0.15, -0.1) is 0 Å². The molecular formula is C15H20IN3O3. The number of rotatable bonds is 0. The van der Waals surface area contributed by atoms with Crippen molar-refractivity contribution < 1.29 is 14.3 Å². The van der Waals surface area contributed by atoms with Gasteiger partial charge in [0.25, 0.3) is 0 Å². The van der Waals surface area contributed by atoms with Crippen LogP contribution in [0.5, 0.6) is 5.75 Å². The van der Waals surface area contributed by atoms with Gasteiger partial charge in [-0.2, -0.15) is 0 Å². The molecule has 6 nitrogen and oxygen atoms in total. The predicted molar refractivity (Wildman–Crippen MR) is 91.4 cm³/mol. The van der Waals surface area contributed by atoms with Gasteiger partial charge in [0, 0.05) is 29.4 Å². The van der Waals surface area contributed by atoms with Crippen LogP contribution in [0.25, 0.3) is 0 Å². The van der Waals surface area contributed by atoms with Crippen molar-refractivity contribution in [2.24, 2.45) is 0 Å². The third-order valence-electron chi connectivity index (χ3n) is 3.64. The Kier molecular flexibility index (Phi) is 4.09. The van der Waals surface area contributed by atoms with E-state index in [0.717, 1.165) is 21.7 Å². The molecule has 7 heteroatoms. The molecule has 0 aromatic carbocycles. The number of anilines is 1. The third-order valence-corrected chi connectivity index (χ3v) is 4.23. The number of carbonyl (C=O) groups excluding carboxylic acids is 1. The van der Waals surface area contributed by atoms with Gasteiger partial charge in [-0.05, 0) is 49.4 Å². The van der Waals surface area contributed by atoms with Crippen molar-refractivity contribution in [3.63, 3.8) is 0 Å². The fraction of sp³-hybridized carbons (Fsp3) is 0.600. The summed E-state index contributed by atoms with van der Waals surface area (Å²) >= 11 is 2.23. The fourth-order valence-electron chi connectivity index (χ4n) is 2.69. The first kappa shape index (κ1) is 15.6. The summed E-state index contributed by atoms with van der Waals surface area (Å²) in [6.07, 6.45) is 1.58. The van der Waals surface area contributed by atoms with Gasteiger partial charge < -0.3 is 19.3 Å². The zero-order chi connectivity index (χ0) is 15.9. The van der Waals surface area contributed by atoms with E-state index in [9.17, 15) is 4.79 Å². The number of carbonyl (C=O) groups is 1. The van der Waals surface area contributed by atoms with Gasteiger partial charge in [0.2, 0.25) is 0 Å². The lowest BCUT2D eigenvalue weighted by molar-refractivity contribution is 0.0194. The van der Waals surface area contributed by atoms with Crippen LogP contribution in [0.15, 0.2) is 12.3 Å². The van der Waals surface area contributed by atoms with Crippen molar-refractivity contribution in [3.8, 4) is 5.75 Å². The van der Waals surface area contributed by atoms with Crippen LogP contribution in [0.4, 0.5) is 10.6 Å². The summed E-state index contributed by atoms with van der Waals surface area (Å²) in [7, 11) is 0. The Morgan fingerprint density at radius 2 is 2.23 bits per heavy atom. The second kappa shape index (κ2) is 5.75. The Morgan fingerprint density at radius 3 is 2.95 bits per heavy atom. The molecule has 1 aromatic rings. The van der Waals surface area contributed by atoms with Crippen LogP contribution in [0.2, 0.25) is 0 Å². The maximum Gasteiger partial charge on any atom is 0.410 e. The van der Waals surface area contributed by atoms with Crippen LogP contribution in [-0.2, 0) is 4.74 Å². The molecule has 0 bridgehead atoms. The van der Waals surface area contributed by atoms with Crippen LogP contribution in [0.1, 0.15) is 20.8 Å². The minimum Gasteiger partial charge on any atom is -0.487 e. The molecule has 120 valence electrons. The molecule has 0 saturated carbocycles. The van der Waals surface area contributed by atoms with E-state index in [1.165, 1.54) is 0 Å². The Bertz CT molecular complexity index is 588. The molecule has 3 heterocycles. The van der Waals surface area contributed by atoms with Crippen molar-refractivity contribution in [2.75, 3.05) is 31.1 Å². The maximum atomic E-state index is 12.2. The van der Waals surface area contributed by atoms with Crippen molar-refractivity contribution in [2.45, 2.75) is 32.4 Å². The topological polar surface area (TPSA) is 54.9 Å². The monoisotopic (exact) mass is 417 g/mol. The van der Waals surface area contributed by atoms with E-state index in [4.69, 9.17) is 9.47 Å². The summed E-state index contributed by atoms with van der Waals surface area (Å²) < 4.78 is 12.3. The molecule has 1 fully saturated rings. The minimum atomic E-state index is -0.470. The van der Waals surface area contributed by atoms with Crippen LogP contribution in [-0.4, -0.2) is 53.9 Å². The number of halogens is 1. The molecule has 0 aliphatic carbocycles. The summed E-state index contributed by atoms with van der Waals surface area (Å²) in [4.78, 5) is 20.7. The van der Waals surface area contributed by atoms with Crippen LogP contribution < -0.4 is 9.64 Å². The lowest BCUT2D eigenvalue weighted by atomic mass is 10.1. The average Bonchev–Trinajstić information content (AvgIpc) is 2.44. The highest BCUT2D eigenvalue weighted by Crippen LogP contribution is 2.34. The molecule has 22 heavy (non-hydrogen) atoms. The maximum absolute atomic E-state index is 12.2. The second-order valence-electron chi connectivity index (χ2n) is 6.56. The first-order valence-electron chi connectivity index (χ1n) is 7.36. The molecule has 3 rings (SSSR count). The third kappa shape index (κ3) is 3.23. The number of nitrogens with zero attached hydrogens (tertiary/aromatic N) is 3. The van der Waals surface area contributed by atoms with E-state index < -0.39 is 5.60 Å². The van der Waals surface area contributed by atoms with E-state index in [-0.39, 0.29) is 12.1 Å². The molecule has 2 aliphatic heterocycles. The van der Waals surface area contributed by atoms with Crippen LogP contribution >= 0.6 is 22.6 Å². The van der Waals surface area contributed by atoms with Crippen molar-refractivity contribution in [1.29, 1.82) is 0 Å². The van der Waals surface area contributed by atoms with E-state index in [1.807, 2.05) is 33.0 Å². The smallest absolute Gasteiger partial charge is 0.410 e. The number of aromatic nitrogens is 1. The largest absolute Gasteiger partial charge is 0.487 e. The highest BCUT2D eigenvalue weighted by molar-refractivity contribution is 14.1. The summed E-state index contributed by atoms with van der Waals surface area (Å²) in [6, 6.07) is 2.13. The normalized spacial score (nSPS) is 20.8. The van der Waals surface area contributed by atoms with Gasteiger partial charge in [-0.25, -0.2) is 9.78 Å². The van der Waals surface area contributed by atoms with E-state index >= 15 is 0 Å². The first-order chi connectivity index (χ1) is 10.3. The lowest BCUT2D eigenvalue weighted by Crippen LogP contribution is -2.59. The molecule has 0 radical (unpaired) electrons. The van der Waals surface area contributed by atoms with Gasteiger partial charge in [-0.3, -0.25) is 0 Å². The Balaban J connectivity index is 1.71. The van der Waals surface area contributed by atoms with Gasteiger partial charge in [-0.1, -0.05) is 0 Å². The highest BCUT2D eigenvalue weighted by Gasteiger charge is 2.36. The molecule has 0 unspecified atom stereocenters. The van der Waals surface area contributed by atoms with E-state index in [1.54, 1.807) is 4.90 Å². The molecule has 1 aromatic heterocycles. The molecule has 1 atom stereocenters. The van der Waals surface area contributed by atoms with Gasteiger partial charge in [0.05, 0.1) is 6.04 Å². The Hall–Kier alpha value is -1.25. The van der Waals surface area contributed by atoms with Gasteiger partial charge >= 0.3 is 6.09 Å². The number of amides is 1. The van der Waals surface area contributed by atoms with Crippen LogP contribution in [0, 0.1) is 3.57 Å². The molecule has 2 aliphatic rings. The molecule has 1 amide bonds. The number of pyridine rings is 1. The second-order valence-corrected chi connectivity index (χ2v) is 7.81. The van der Waals surface area contributed by atoms with Crippen molar-refractivity contribution in [3.05, 3.63) is 15.8 Å². The van der Waals surface area contributed by atoms with Crippen LogP contribution in [0.3, 0.4) is 0 Å². The number of hydrogen-bond donors (Lipinski definition) is 0. The standard InChI is InChI=1S/C15H20IN3O3/c1-15(2,3)22-14(20)18-4-5-19-11(8-18)9-21-12-6-10(16)7-17-13(12)19/h6-7,11H,4-5,8-9H2,1-3H3/t11-/m1/s1. The van der Waals surface area contributed by atoms with Gasteiger partial charge in [0.15, 0.2) is 11.6 Å². The summed E-state index contributed by atoms with van der Waals surface area (Å²) in [5.41, 5.74) is -0.470. The molecular weight excluding hydrogens is 397 g/mol. The van der Waals surface area contributed by atoms with E-state index in [2.05, 4.69) is 32.5 Å². The fourth-order valence-corrected chi connectivity index (χ4v) is 3.11. The predicted octanol–water partition coefficient (Wildman–Crippen LogP) is 2.50. The number of hydrogen-bond acceptors (Lipinski definition) is 5. The number of ether oxygens (including phenoxy) is 2. The van der Waals surface area contributed by atoms with E-state index in [0.29, 0.717) is 19.7 Å². The first-order valence-corrected chi connectivity index (χ1v) is 8.44. The SMILES string of the molecule is CC(C)(C)OC(=O)N1CCN2c3ncc(I)cc3OC[C@H]2C1. The molecule has 0 spiro atoms. The zero-order valence-corrected chi connectivity index (χ0v) is 15.2. The average molecular weight is 417 g/mol. The summed E-state index contributed by atoms with van der Waals surface area (Å²) in [5.74, 6) is 1.70. The number of fused-ring (bicyclic) bond motifs is 3. The zero-order valence-electron chi connectivity index (χ0n) is 13.0. The Labute approximate surface area is 143 Å². The highest BCUT2D eigenvalue weighted by atomic mass is 127. The number of piperazine rings is 1. The van der Waals surface area contributed by atoms with Crippen molar-refractivity contribution >= 4 is 34.5 Å². The molecule has 0 N–H and O–H groups in total. The quantitative estimate of drug-likeness (QED) is 0.608. The Morgan fingerprint density at radius 1 is 1.45 bits per heavy atom. The van der Waals surface area contributed by atoms with Gasteiger partial charge in [0.1, 0.15) is 12.2 Å². The minimum absolute atomic E-state index is 0.126. The summed E-state index contributed by atoms with van der Waals surface area (Å²) in [6.45, 7) is 8.19. The lowest BCUT2D eigenvalue weighted by Gasteiger charge is -2.44.